The number of benzene rings is 3. The van der Waals surface area contributed by atoms with Gasteiger partial charge in [0, 0.05) is 11.3 Å². The van der Waals surface area contributed by atoms with Crippen LogP contribution in [0.25, 0.3) is 16.9 Å². The van der Waals surface area contributed by atoms with Crippen molar-refractivity contribution in [3.05, 3.63) is 108 Å². The van der Waals surface area contributed by atoms with Crippen molar-refractivity contribution in [3.63, 3.8) is 0 Å². The van der Waals surface area contributed by atoms with Crippen LogP contribution in [-0.4, -0.2) is 18.0 Å². The van der Waals surface area contributed by atoms with Gasteiger partial charge in [0.1, 0.15) is 5.69 Å². The van der Waals surface area contributed by atoms with Crippen molar-refractivity contribution in [1.29, 1.82) is 0 Å². The number of sulfonamides is 1. The van der Waals surface area contributed by atoms with Crippen LogP contribution in [0.15, 0.2) is 107 Å². The van der Waals surface area contributed by atoms with Gasteiger partial charge >= 0.3 is 0 Å². The second-order valence-corrected chi connectivity index (χ2v) is 7.95. The number of nitrogens with one attached hydrogen (secondary N) is 1. The molecule has 6 nitrogen and oxygen atoms in total. The minimum absolute atomic E-state index is 0.0520. The molecule has 0 bridgehead atoms. The van der Waals surface area contributed by atoms with Gasteiger partial charge in [0.25, 0.3) is 15.6 Å². The molecule has 0 amide bonds. The fourth-order valence-corrected chi connectivity index (χ4v) is 3.91. The number of nitrogens with zero attached hydrogens (tertiary/aromatic N) is 2. The highest BCUT2D eigenvalue weighted by Crippen LogP contribution is 2.19. The van der Waals surface area contributed by atoms with E-state index in [4.69, 9.17) is 0 Å². The first kappa shape index (κ1) is 18.6. The fraction of sp³-hybridized carbons (Fsp3) is 0. The number of hydrogen-bond acceptors (Lipinski definition) is 4. The third-order valence-corrected chi connectivity index (χ3v) is 5.65. The molecule has 1 heterocycles. The first-order chi connectivity index (χ1) is 14.0. The van der Waals surface area contributed by atoms with E-state index in [1.807, 2.05) is 12.1 Å². The Hall–Kier alpha value is -3.71. The van der Waals surface area contributed by atoms with Gasteiger partial charge in [-0.05, 0) is 24.3 Å². The topological polar surface area (TPSA) is 81.1 Å². The zero-order valence-corrected chi connectivity index (χ0v) is 16.1. The summed E-state index contributed by atoms with van der Waals surface area (Å²) in [6.07, 6.45) is 1.39. The predicted molar refractivity (Wildman–Crippen MR) is 113 cm³/mol. The smallest absolute Gasteiger partial charge is 0.279 e. The molecule has 0 aliphatic rings. The Balaban J connectivity index is 1.88. The summed E-state index contributed by atoms with van der Waals surface area (Å²) in [5.74, 6) is 0.0520. The Kier molecular flexibility index (Phi) is 4.97. The van der Waals surface area contributed by atoms with E-state index in [-0.39, 0.29) is 22.0 Å². The second kappa shape index (κ2) is 7.73. The summed E-state index contributed by atoms with van der Waals surface area (Å²) in [5, 5.41) is 0. The third-order valence-electron chi connectivity index (χ3n) is 4.28. The van der Waals surface area contributed by atoms with Gasteiger partial charge < -0.3 is 0 Å². The lowest BCUT2D eigenvalue weighted by Crippen LogP contribution is -2.24. The number of hydrogen-bond donors (Lipinski definition) is 1. The minimum atomic E-state index is -3.85. The normalized spacial score (nSPS) is 11.2. The molecular weight excluding hydrogens is 386 g/mol. The van der Waals surface area contributed by atoms with Crippen molar-refractivity contribution in [3.8, 4) is 16.9 Å². The van der Waals surface area contributed by atoms with Crippen LogP contribution in [0.1, 0.15) is 0 Å². The molecule has 0 aliphatic carbocycles. The lowest BCUT2D eigenvalue weighted by molar-refractivity contribution is 0.601. The minimum Gasteiger partial charge on any atom is -0.279 e. The molecule has 4 aromatic rings. The molecule has 0 atom stereocenters. The summed E-state index contributed by atoms with van der Waals surface area (Å²) in [5.41, 5.74) is 1.02. The molecule has 0 fully saturated rings. The highest BCUT2D eigenvalue weighted by atomic mass is 32.2. The molecule has 0 radical (unpaired) electrons. The van der Waals surface area contributed by atoms with Crippen molar-refractivity contribution in [2.45, 2.75) is 4.90 Å². The van der Waals surface area contributed by atoms with Crippen molar-refractivity contribution < 1.29 is 8.42 Å². The van der Waals surface area contributed by atoms with Gasteiger partial charge in [-0.15, -0.1) is 0 Å². The summed E-state index contributed by atoms with van der Waals surface area (Å²) >= 11 is 0. The van der Waals surface area contributed by atoms with E-state index < -0.39 is 10.0 Å². The van der Waals surface area contributed by atoms with E-state index in [9.17, 15) is 13.2 Å². The van der Waals surface area contributed by atoms with Crippen LogP contribution in [-0.2, 0) is 10.0 Å². The molecular formula is C22H17N3O3S. The van der Waals surface area contributed by atoms with E-state index in [0.717, 1.165) is 0 Å². The lowest BCUT2D eigenvalue weighted by atomic mass is 10.1. The van der Waals surface area contributed by atoms with Crippen LogP contribution in [0.2, 0.25) is 0 Å². The van der Waals surface area contributed by atoms with Crippen LogP contribution in [0.4, 0.5) is 5.82 Å². The molecule has 144 valence electrons. The van der Waals surface area contributed by atoms with E-state index in [2.05, 4.69) is 9.71 Å². The van der Waals surface area contributed by atoms with E-state index in [0.29, 0.717) is 11.3 Å². The Morgan fingerprint density at radius 3 is 1.93 bits per heavy atom. The predicted octanol–water partition coefficient (Wildman–Crippen LogP) is 3.70. The number of para-hydroxylation sites is 1. The molecule has 3 aromatic carbocycles. The Labute approximate surface area is 168 Å². The first-order valence-electron chi connectivity index (χ1n) is 8.87. The van der Waals surface area contributed by atoms with Crippen LogP contribution in [0, 0.1) is 0 Å². The van der Waals surface area contributed by atoms with Crippen LogP contribution in [0.3, 0.4) is 0 Å². The zero-order valence-electron chi connectivity index (χ0n) is 15.3. The third kappa shape index (κ3) is 3.95. The zero-order chi connectivity index (χ0) is 20.3. The quantitative estimate of drug-likeness (QED) is 0.551. The maximum atomic E-state index is 13.1. The van der Waals surface area contributed by atoms with Gasteiger partial charge in [-0.25, -0.2) is 13.4 Å². The van der Waals surface area contributed by atoms with E-state index in [1.165, 1.54) is 22.9 Å². The molecule has 0 saturated heterocycles. The summed E-state index contributed by atoms with van der Waals surface area (Å²) in [6.45, 7) is 0. The molecule has 4 rings (SSSR count). The van der Waals surface area contributed by atoms with Crippen molar-refractivity contribution in [1.82, 2.24) is 9.55 Å². The molecule has 0 saturated carbocycles. The Morgan fingerprint density at radius 2 is 1.31 bits per heavy atom. The number of anilines is 1. The second-order valence-electron chi connectivity index (χ2n) is 6.27. The first-order valence-corrected chi connectivity index (χ1v) is 10.4. The van der Waals surface area contributed by atoms with Crippen LogP contribution >= 0.6 is 0 Å². The summed E-state index contributed by atoms with van der Waals surface area (Å²) < 4.78 is 29.4. The molecule has 1 N–H and O–H groups in total. The van der Waals surface area contributed by atoms with Gasteiger partial charge in [-0.1, -0.05) is 66.7 Å². The number of aromatic nitrogens is 2. The van der Waals surface area contributed by atoms with Gasteiger partial charge in [0.2, 0.25) is 0 Å². The molecule has 0 unspecified atom stereocenters. The highest BCUT2D eigenvalue weighted by molar-refractivity contribution is 7.92. The van der Waals surface area contributed by atoms with Crippen LogP contribution < -0.4 is 10.3 Å². The average Bonchev–Trinajstić information content (AvgIpc) is 2.76. The van der Waals surface area contributed by atoms with Crippen molar-refractivity contribution in [2.75, 3.05) is 4.72 Å². The maximum absolute atomic E-state index is 13.1. The van der Waals surface area contributed by atoms with Gasteiger partial charge in [0.15, 0.2) is 5.82 Å². The van der Waals surface area contributed by atoms with E-state index >= 15 is 0 Å². The highest BCUT2D eigenvalue weighted by Gasteiger charge is 2.18. The Bertz CT molecular complexity index is 1220. The van der Waals surface area contributed by atoms with Gasteiger partial charge in [0.05, 0.1) is 11.1 Å². The lowest BCUT2D eigenvalue weighted by Gasteiger charge is -2.13. The van der Waals surface area contributed by atoms with Crippen LogP contribution in [0.5, 0.6) is 0 Å². The number of rotatable bonds is 5. The standard InChI is InChI=1S/C22H17N3O3S/c26-22-21(17-10-4-1-5-11-17)23-20(16-25(22)18-12-6-2-7-13-18)24-29(27,28)19-14-8-3-9-15-19/h1-16,24H. The maximum Gasteiger partial charge on any atom is 0.281 e. The monoisotopic (exact) mass is 403 g/mol. The molecule has 1 aromatic heterocycles. The molecule has 7 heteroatoms. The SMILES string of the molecule is O=c1c(-c2ccccc2)nc(NS(=O)(=O)c2ccccc2)cn1-c1ccccc1. The average molecular weight is 403 g/mol. The Morgan fingerprint density at radius 1 is 0.759 bits per heavy atom. The molecule has 29 heavy (non-hydrogen) atoms. The van der Waals surface area contributed by atoms with Gasteiger partial charge in [-0.3, -0.25) is 14.1 Å². The largest absolute Gasteiger partial charge is 0.281 e. The summed E-state index contributed by atoms with van der Waals surface area (Å²) in [7, 11) is -3.85. The summed E-state index contributed by atoms with van der Waals surface area (Å²) in [6, 6.07) is 25.9. The van der Waals surface area contributed by atoms with E-state index in [1.54, 1.807) is 66.7 Å². The molecule has 0 aliphatic heterocycles. The fourth-order valence-electron chi connectivity index (χ4n) is 2.90. The van der Waals surface area contributed by atoms with Gasteiger partial charge in [-0.2, -0.15) is 0 Å². The van der Waals surface area contributed by atoms with Crippen molar-refractivity contribution >= 4 is 15.8 Å². The molecule has 0 spiro atoms. The van der Waals surface area contributed by atoms with Crippen molar-refractivity contribution in [2.24, 2.45) is 0 Å². The summed E-state index contributed by atoms with van der Waals surface area (Å²) in [4.78, 5) is 17.5.